The van der Waals surface area contributed by atoms with Crippen LogP contribution in [-0.2, 0) is 12.8 Å². The van der Waals surface area contributed by atoms with E-state index in [-0.39, 0.29) is 18.1 Å². The first-order valence-corrected chi connectivity index (χ1v) is 8.31. The van der Waals surface area contributed by atoms with E-state index in [4.69, 9.17) is 4.52 Å². The predicted octanol–water partition coefficient (Wildman–Crippen LogP) is 2.74. The van der Waals surface area contributed by atoms with Crippen molar-refractivity contribution < 1.29 is 18.8 Å². The normalized spacial score (nSPS) is 14.8. The van der Waals surface area contributed by atoms with Crippen molar-refractivity contribution in [2.24, 2.45) is 0 Å². The Kier molecular flexibility index (Phi) is 4.05. The zero-order valence-electron chi connectivity index (χ0n) is 13.9. The highest BCUT2D eigenvalue weighted by molar-refractivity contribution is 5.93. The van der Waals surface area contributed by atoms with Crippen LogP contribution in [0.15, 0.2) is 59.1 Å². The SMILES string of the molecule is O=C(NC1(CO)Cc2ccccc2C1)c1cc(-c2ccc(F)cc2)on1. The molecule has 0 saturated carbocycles. The molecule has 0 radical (unpaired) electrons. The van der Waals surface area contributed by atoms with Gasteiger partial charge in [-0.25, -0.2) is 4.39 Å². The number of fused-ring (bicyclic) bond motifs is 1. The number of nitrogens with one attached hydrogen (secondary N) is 1. The van der Waals surface area contributed by atoms with Crippen molar-refractivity contribution in [3.05, 3.63) is 77.2 Å². The molecule has 26 heavy (non-hydrogen) atoms. The maximum Gasteiger partial charge on any atom is 0.274 e. The molecule has 0 aliphatic heterocycles. The lowest BCUT2D eigenvalue weighted by Crippen LogP contribution is -2.52. The second kappa shape index (κ2) is 6.38. The molecule has 1 aliphatic carbocycles. The summed E-state index contributed by atoms with van der Waals surface area (Å²) in [4.78, 5) is 12.6. The Morgan fingerprint density at radius 1 is 1.15 bits per heavy atom. The van der Waals surface area contributed by atoms with Gasteiger partial charge in [0.15, 0.2) is 11.5 Å². The fourth-order valence-electron chi connectivity index (χ4n) is 3.37. The molecule has 0 atom stereocenters. The standard InChI is InChI=1S/C20H17FN2O3/c21-16-7-5-13(6-8-16)18-9-17(23-26-18)19(25)22-20(12-24)10-14-3-1-2-4-15(14)11-20/h1-9,24H,10-12H2,(H,22,25). The van der Waals surface area contributed by atoms with Gasteiger partial charge < -0.3 is 14.9 Å². The zero-order chi connectivity index (χ0) is 18.1. The van der Waals surface area contributed by atoms with Gasteiger partial charge in [-0.3, -0.25) is 4.79 Å². The minimum absolute atomic E-state index is 0.119. The Hall–Kier alpha value is -2.99. The Labute approximate surface area is 149 Å². The number of aliphatic hydroxyl groups is 1. The van der Waals surface area contributed by atoms with Crippen molar-refractivity contribution in [2.75, 3.05) is 6.61 Å². The van der Waals surface area contributed by atoms with Gasteiger partial charge in [0.25, 0.3) is 5.91 Å². The number of carbonyl (C=O) groups is 1. The van der Waals surface area contributed by atoms with E-state index in [1.54, 1.807) is 12.1 Å². The fraction of sp³-hybridized carbons (Fsp3) is 0.200. The lowest BCUT2D eigenvalue weighted by Gasteiger charge is -2.27. The number of carbonyl (C=O) groups excluding carboxylic acids is 1. The average molecular weight is 352 g/mol. The summed E-state index contributed by atoms with van der Waals surface area (Å²) in [7, 11) is 0. The first-order chi connectivity index (χ1) is 12.6. The topological polar surface area (TPSA) is 75.4 Å². The molecule has 2 aromatic carbocycles. The number of halogens is 1. The van der Waals surface area contributed by atoms with Crippen LogP contribution in [0.3, 0.4) is 0 Å². The van der Waals surface area contributed by atoms with Gasteiger partial charge in [-0.15, -0.1) is 0 Å². The van der Waals surface area contributed by atoms with Gasteiger partial charge in [0.2, 0.25) is 0 Å². The van der Waals surface area contributed by atoms with E-state index in [2.05, 4.69) is 10.5 Å². The molecule has 0 spiro atoms. The van der Waals surface area contributed by atoms with E-state index in [0.717, 1.165) is 11.1 Å². The first kappa shape index (κ1) is 16.5. The third kappa shape index (κ3) is 2.99. The van der Waals surface area contributed by atoms with Gasteiger partial charge >= 0.3 is 0 Å². The molecule has 1 heterocycles. The molecule has 1 aromatic heterocycles. The summed E-state index contributed by atoms with van der Waals surface area (Å²) in [6.07, 6.45) is 1.13. The molecule has 4 rings (SSSR count). The smallest absolute Gasteiger partial charge is 0.274 e. The van der Waals surface area contributed by atoms with E-state index < -0.39 is 11.4 Å². The summed E-state index contributed by atoms with van der Waals surface area (Å²) in [5.74, 6) is -0.385. The number of rotatable bonds is 4. The van der Waals surface area contributed by atoms with Crippen LogP contribution in [0.5, 0.6) is 0 Å². The molecule has 0 fully saturated rings. The van der Waals surface area contributed by atoms with Crippen LogP contribution in [0.25, 0.3) is 11.3 Å². The van der Waals surface area contributed by atoms with E-state index in [1.165, 1.54) is 18.2 Å². The molecule has 0 bridgehead atoms. The molecule has 0 unspecified atom stereocenters. The Bertz CT molecular complexity index is 925. The number of benzene rings is 2. The Morgan fingerprint density at radius 3 is 2.42 bits per heavy atom. The van der Waals surface area contributed by atoms with E-state index in [1.807, 2.05) is 24.3 Å². The van der Waals surface area contributed by atoms with Crippen molar-refractivity contribution in [2.45, 2.75) is 18.4 Å². The summed E-state index contributed by atoms with van der Waals surface area (Å²) >= 11 is 0. The lowest BCUT2D eigenvalue weighted by atomic mass is 9.96. The highest BCUT2D eigenvalue weighted by Gasteiger charge is 2.38. The van der Waals surface area contributed by atoms with E-state index >= 15 is 0 Å². The van der Waals surface area contributed by atoms with Crippen molar-refractivity contribution in [3.63, 3.8) is 0 Å². The van der Waals surface area contributed by atoms with Crippen LogP contribution in [0.2, 0.25) is 0 Å². The summed E-state index contributed by atoms with van der Waals surface area (Å²) in [5, 5.41) is 16.6. The Balaban J connectivity index is 1.53. The van der Waals surface area contributed by atoms with Crippen molar-refractivity contribution >= 4 is 5.91 Å². The minimum Gasteiger partial charge on any atom is -0.394 e. The number of amides is 1. The molecule has 3 aromatic rings. The predicted molar refractivity (Wildman–Crippen MR) is 93.0 cm³/mol. The maximum absolute atomic E-state index is 13.0. The number of aliphatic hydroxyl groups excluding tert-OH is 1. The summed E-state index contributed by atoms with van der Waals surface area (Å²) in [6.45, 7) is -0.171. The summed E-state index contributed by atoms with van der Waals surface area (Å²) in [6, 6.07) is 15.1. The lowest BCUT2D eigenvalue weighted by molar-refractivity contribution is 0.0833. The van der Waals surface area contributed by atoms with Crippen LogP contribution < -0.4 is 5.32 Å². The van der Waals surface area contributed by atoms with Crippen LogP contribution in [0, 0.1) is 5.82 Å². The highest BCUT2D eigenvalue weighted by atomic mass is 19.1. The summed E-state index contributed by atoms with van der Waals surface area (Å²) in [5.41, 5.74) is 2.25. The largest absolute Gasteiger partial charge is 0.394 e. The molecule has 6 heteroatoms. The minimum atomic E-state index is -0.740. The average Bonchev–Trinajstić information content (AvgIpc) is 3.27. The second-order valence-corrected chi connectivity index (χ2v) is 6.60. The third-order valence-electron chi connectivity index (χ3n) is 4.73. The van der Waals surface area contributed by atoms with Gasteiger partial charge in [0.05, 0.1) is 12.1 Å². The molecule has 1 aliphatic rings. The van der Waals surface area contributed by atoms with Gasteiger partial charge in [0.1, 0.15) is 5.82 Å². The highest BCUT2D eigenvalue weighted by Crippen LogP contribution is 2.30. The van der Waals surface area contributed by atoms with Gasteiger partial charge in [-0.1, -0.05) is 29.4 Å². The van der Waals surface area contributed by atoms with E-state index in [9.17, 15) is 14.3 Å². The number of hydrogen-bond donors (Lipinski definition) is 2. The van der Waals surface area contributed by atoms with Gasteiger partial charge in [-0.2, -0.15) is 0 Å². The van der Waals surface area contributed by atoms with Crippen LogP contribution in [0.4, 0.5) is 4.39 Å². The van der Waals surface area contributed by atoms with Gasteiger partial charge in [-0.05, 0) is 48.2 Å². The molecule has 5 nitrogen and oxygen atoms in total. The van der Waals surface area contributed by atoms with E-state index in [0.29, 0.717) is 24.2 Å². The fourth-order valence-corrected chi connectivity index (χ4v) is 3.37. The van der Waals surface area contributed by atoms with Crippen LogP contribution in [0.1, 0.15) is 21.6 Å². The third-order valence-corrected chi connectivity index (χ3v) is 4.73. The maximum atomic E-state index is 13.0. The van der Waals surface area contributed by atoms with Crippen molar-refractivity contribution in [1.82, 2.24) is 10.5 Å². The number of aromatic nitrogens is 1. The molecular formula is C20H17FN2O3. The van der Waals surface area contributed by atoms with Crippen molar-refractivity contribution in [1.29, 1.82) is 0 Å². The van der Waals surface area contributed by atoms with Crippen LogP contribution >= 0.6 is 0 Å². The molecule has 2 N–H and O–H groups in total. The summed E-state index contributed by atoms with van der Waals surface area (Å²) < 4.78 is 18.2. The number of hydrogen-bond acceptors (Lipinski definition) is 4. The number of nitrogens with zero attached hydrogens (tertiary/aromatic N) is 1. The molecule has 132 valence electrons. The zero-order valence-corrected chi connectivity index (χ0v) is 13.9. The monoisotopic (exact) mass is 352 g/mol. The molecule has 0 saturated heterocycles. The molecule has 1 amide bonds. The first-order valence-electron chi connectivity index (χ1n) is 8.31. The molecular weight excluding hydrogens is 335 g/mol. The van der Waals surface area contributed by atoms with Gasteiger partial charge in [0, 0.05) is 11.6 Å². The Morgan fingerprint density at radius 2 is 1.81 bits per heavy atom. The van der Waals surface area contributed by atoms with Crippen LogP contribution in [-0.4, -0.2) is 28.3 Å². The quantitative estimate of drug-likeness (QED) is 0.757. The second-order valence-electron chi connectivity index (χ2n) is 6.60. The van der Waals surface area contributed by atoms with Crippen molar-refractivity contribution in [3.8, 4) is 11.3 Å².